The van der Waals surface area contributed by atoms with Crippen molar-refractivity contribution < 1.29 is 4.79 Å². The molecule has 2 aliphatic rings. The summed E-state index contributed by atoms with van der Waals surface area (Å²) >= 11 is 13.0. The van der Waals surface area contributed by atoms with Crippen LogP contribution in [0.1, 0.15) is 34.7 Å². The SMILES string of the molecule is O=C(CN1CCc2ccccc2C1)N1N=C(c2ccccc2Cl)C[C@@H]1c1ccccc1Cl. The minimum Gasteiger partial charge on any atom is -0.290 e. The molecule has 0 unspecified atom stereocenters. The lowest BCUT2D eigenvalue weighted by molar-refractivity contribution is -0.134. The highest BCUT2D eigenvalue weighted by atomic mass is 35.5. The summed E-state index contributed by atoms with van der Waals surface area (Å²) in [7, 11) is 0. The number of carbonyl (C=O) groups is 1. The number of hydrogen-bond acceptors (Lipinski definition) is 3. The number of hydrogen-bond donors (Lipinski definition) is 0. The van der Waals surface area contributed by atoms with Crippen LogP contribution >= 0.6 is 23.2 Å². The predicted molar refractivity (Wildman–Crippen MR) is 129 cm³/mol. The Morgan fingerprint density at radius 2 is 1.59 bits per heavy atom. The number of hydrazone groups is 1. The van der Waals surface area contributed by atoms with Gasteiger partial charge in [0.1, 0.15) is 0 Å². The summed E-state index contributed by atoms with van der Waals surface area (Å²) in [6, 6.07) is 23.5. The first-order valence-corrected chi connectivity index (χ1v) is 11.5. The minimum absolute atomic E-state index is 0.0312. The molecule has 4 nitrogen and oxygen atoms in total. The van der Waals surface area contributed by atoms with Crippen LogP contribution in [0.2, 0.25) is 10.0 Å². The van der Waals surface area contributed by atoms with Gasteiger partial charge in [-0.25, -0.2) is 5.01 Å². The van der Waals surface area contributed by atoms with Crippen LogP contribution in [0.15, 0.2) is 77.9 Å². The molecule has 2 heterocycles. The van der Waals surface area contributed by atoms with Gasteiger partial charge >= 0.3 is 0 Å². The van der Waals surface area contributed by atoms with E-state index in [0.29, 0.717) is 23.0 Å². The van der Waals surface area contributed by atoms with E-state index in [2.05, 4.69) is 29.2 Å². The zero-order chi connectivity index (χ0) is 22.1. The molecule has 0 aromatic heterocycles. The molecule has 3 aromatic rings. The number of carbonyl (C=O) groups excluding carboxylic acids is 1. The van der Waals surface area contributed by atoms with Gasteiger partial charge in [-0.1, -0.05) is 83.9 Å². The largest absolute Gasteiger partial charge is 0.290 e. The average Bonchev–Trinajstić information content (AvgIpc) is 3.25. The van der Waals surface area contributed by atoms with E-state index in [1.807, 2.05) is 48.5 Å². The summed E-state index contributed by atoms with van der Waals surface area (Å²) in [5.74, 6) is -0.0312. The fourth-order valence-electron chi connectivity index (χ4n) is 4.54. The summed E-state index contributed by atoms with van der Waals surface area (Å²) < 4.78 is 0. The number of halogens is 2. The molecule has 1 amide bonds. The molecule has 0 aliphatic carbocycles. The third-order valence-electron chi connectivity index (χ3n) is 6.18. The molecule has 0 saturated heterocycles. The molecule has 162 valence electrons. The van der Waals surface area contributed by atoms with E-state index >= 15 is 0 Å². The lowest BCUT2D eigenvalue weighted by atomic mass is 9.98. The molecule has 32 heavy (non-hydrogen) atoms. The van der Waals surface area contributed by atoms with Crippen LogP contribution in [-0.2, 0) is 17.8 Å². The second-order valence-electron chi connectivity index (χ2n) is 8.24. The Morgan fingerprint density at radius 1 is 0.906 bits per heavy atom. The quantitative estimate of drug-likeness (QED) is 0.495. The van der Waals surface area contributed by atoms with E-state index in [1.165, 1.54) is 11.1 Å². The van der Waals surface area contributed by atoms with E-state index in [-0.39, 0.29) is 11.9 Å². The molecule has 6 heteroatoms. The third-order valence-corrected chi connectivity index (χ3v) is 6.86. The van der Waals surface area contributed by atoms with Gasteiger partial charge in [-0.05, 0) is 35.2 Å². The maximum Gasteiger partial charge on any atom is 0.257 e. The van der Waals surface area contributed by atoms with Crippen molar-refractivity contribution in [3.05, 3.63) is 105 Å². The molecule has 0 bridgehead atoms. The van der Waals surface area contributed by atoms with Crippen LogP contribution in [-0.4, -0.2) is 34.6 Å². The Labute approximate surface area is 198 Å². The van der Waals surface area contributed by atoms with Gasteiger partial charge in [0, 0.05) is 35.1 Å². The van der Waals surface area contributed by atoms with E-state index in [0.717, 1.165) is 36.3 Å². The monoisotopic (exact) mass is 463 g/mol. The predicted octanol–water partition coefficient (Wildman–Crippen LogP) is 5.73. The maximum atomic E-state index is 13.5. The topological polar surface area (TPSA) is 35.9 Å². The number of fused-ring (bicyclic) bond motifs is 1. The summed E-state index contributed by atoms with van der Waals surface area (Å²) in [5, 5.41) is 7.64. The summed E-state index contributed by atoms with van der Waals surface area (Å²) in [6.45, 7) is 1.94. The maximum absolute atomic E-state index is 13.5. The summed E-state index contributed by atoms with van der Waals surface area (Å²) in [6.07, 6.45) is 1.52. The number of rotatable bonds is 4. The Hall–Kier alpha value is -2.66. The lowest BCUT2D eigenvalue weighted by Gasteiger charge is -2.30. The van der Waals surface area contributed by atoms with E-state index in [1.54, 1.807) is 5.01 Å². The van der Waals surface area contributed by atoms with Crippen molar-refractivity contribution in [3.63, 3.8) is 0 Å². The number of benzene rings is 3. The fourth-order valence-corrected chi connectivity index (χ4v) is 5.05. The van der Waals surface area contributed by atoms with Crippen LogP contribution in [0.4, 0.5) is 0 Å². The van der Waals surface area contributed by atoms with E-state index < -0.39 is 0 Å². The molecule has 0 saturated carbocycles. The van der Waals surface area contributed by atoms with Crippen molar-refractivity contribution in [3.8, 4) is 0 Å². The van der Waals surface area contributed by atoms with Crippen LogP contribution in [0.5, 0.6) is 0 Å². The molecular formula is C26H23Cl2N3O. The van der Waals surface area contributed by atoms with Gasteiger partial charge in [0.25, 0.3) is 5.91 Å². The van der Waals surface area contributed by atoms with Crippen LogP contribution in [0, 0.1) is 0 Å². The normalized spacial score (nSPS) is 18.4. The second kappa shape index (κ2) is 9.07. The van der Waals surface area contributed by atoms with Gasteiger partial charge in [0.05, 0.1) is 18.3 Å². The van der Waals surface area contributed by atoms with Crippen molar-refractivity contribution >= 4 is 34.8 Å². The van der Waals surface area contributed by atoms with Crippen LogP contribution in [0.3, 0.4) is 0 Å². The second-order valence-corrected chi connectivity index (χ2v) is 9.05. The molecule has 0 spiro atoms. The average molecular weight is 464 g/mol. The summed E-state index contributed by atoms with van der Waals surface area (Å²) in [4.78, 5) is 15.7. The number of nitrogens with zero attached hydrogens (tertiary/aromatic N) is 3. The standard InChI is InChI=1S/C26H23Cl2N3O/c27-22-11-5-3-9-20(22)24-15-25(21-10-4-6-12-23(21)28)31(29-24)26(32)17-30-14-13-18-7-1-2-8-19(18)16-30/h1-12,25H,13-17H2/t25-/m1/s1. The van der Waals surface area contributed by atoms with Gasteiger partial charge in [-0.2, -0.15) is 5.10 Å². The molecule has 0 N–H and O–H groups in total. The van der Waals surface area contributed by atoms with Crippen molar-refractivity contribution in [2.45, 2.75) is 25.4 Å². The molecule has 1 atom stereocenters. The molecule has 0 fully saturated rings. The van der Waals surface area contributed by atoms with E-state index in [4.69, 9.17) is 28.3 Å². The zero-order valence-electron chi connectivity index (χ0n) is 17.5. The van der Waals surface area contributed by atoms with Crippen molar-refractivity contribution in [1.29, 1.82) is 0 Å². The minimum atomic E-state index is -0.250. The molecule has 0 radical (unpaired) electrons. The first kappa shape index (κ1) is 21.2. The van der Waals surface area contributed by atoms with Crippen LogP contribution < -0.4 is 0 Å². The van der Waals surface area contributed by atoms with Crippen LogP contribution in [0.25, 0.3) is 0 Å². The van der Waals surface area contributed by atoms with Gasteiger partial charge in [0.2, 0.25) is 0 Å². The molecule has 5 rings (SSSR count). The van der Waals surface area contributed by atoms with Gasteiger partial charge < -0.3 is 0 Å². The van der Waals surface area contributed by atoms with Crippen molar-refractivity contribution in [1.82, 2.24) is 9.91 Å². The Balaban J connectivity index is 1.42. The Bertz CT molecular complexity index is 1190. The van der Waals surface area contributed by atoms with Crippen molar-refractivity contribution in [2.24, 2.45) is 5.10 Å². The van der Waals surface area contributed by atoms with Gasteiger partial charge in [-0.15, -0.1) is 0 Å². The highest BCUT2D eigenvalue weighted by Crippen LogP contribution is 2.37. The Morgan fingerprint density at radius 3 is 2.38 bits per heavy atom. The van der Waals surface area contributed by atoms with E-state index in [9.17, 15) is 4.79 Å². The fraction of sp³-hybridized carbons (Fsp3) is 0.231. The Kier molecular flexibility index (Phi) is 6.01. The lowest BCUT2D eigenvalue weighted by Crippen LogP contribution is -2.40. The number of amides is 1. The highest BCUT2D eigenvalue weighted by molar-refractivity contribution is 6.34. The molecule has 3 aromatic carbocycles. The smallest absolute Gasteiger partial charge is 0.257 e. The van der Waals surface area contributed by atoms with Gasteiger partial charge in [-0.3, -0.25) is 9.69 Å². The van der Waals surface area contributed by atoms with Crippen molar-refractivity contribution in [2.75, 3.05) is 13.1 Å². The zero-order valence-corrected chi connectivity index (χ0v) is 19.1. The third kappa shape index (κ3) is 4.18. The summed E-state index contributed by atoms with van der Waals surface area (Å²) in [5.41, 5.74) is 5.21. The molecule has 2 aliphatic heterocycles. The highest BCUT2D eigenvalue weighted by Gasteiger charge is 2.35. The first-order valence-electron chi connectivity index (χ1n) is 10.8. The van der Waals surface area contributed by atoms with Gasteiger partial charge in [0.15, 0.2) is 0 Å². The molecular weight excluding hydrogens is 441 g/mol. The first-order chi connectivity index (χ1) is 15.6.